The summed E-state index contributed by atoms with van der Waals surface area (Å²) in [6.45, 7) is 2.74. The molecule has 1 N–H and O–H groups in total. The van der Waals surface area contributed by atoms with Crippen LogP contribution in [-0.4, -0.2) is 40.8 Å². The van der Waals surface area contributed by atoms with E-state index in [0.29, 0.717) is 25.1 Å². The van der Waals surface area contributed by atoms with Crippen molar-refractivity contribution in [2.75, 3.05) is 13.1 Å². The van der Waals surface area contributed by atoms with Crippen molar-refractivity contribution in [2.45, 2.75) is 19.4 Å². The highest BCUT2D eigenvalue weighted by Crippen LogP contribution is 2.13. The van der Waals surface area contributed by atoms with Crippen molar-refractivity contribution in [2.24, 2.45) is 0 Å². The first-order valence-corrected chi connectivity index (χ1v) is 5.83. The number of hydrogen-bond donors (Lipinski definition) is 1. The van der Waals surface area contributed by atoms with E-state index in [-0.39, 0.29) is 11.8 Å². The Hall–Kier alpha value is -1.98. The molecule has 0 aliphatic carbocycles. The molecule has 1 fully saturated rings. The Kier molecular flexibility index (Phi) is 3.55. The van der Waals surface area contributed by atoms with Crippen LogP contribution < -0.4 is 5.32 Å². The largest absolute Gasteiger partial charge is 0.353 e. The summed E-state index contributed by atoms with van der Waals surface area (Å²) in [5.41, 5.74) is 0.296. The highest BCUT2D eigenvalue weighted by molar-refractivity contribution is 5.97. The maximum absolute atomic E-state index is 12.7. The number of amides is 2. The van der Waals surface area contributed by atoms with Gasteiger partial charge in [0.15, 0.2) is 0 Å². The molecular weight excluding hydrogens is 237 g/mol. The van der Waals surface area contributed by atoms with E-state index in [1.165, 1.54) is 17.2 Å². The van der Waals surface area contributed by atoms with Crippen LogP contribution in [0.1, 0.15) is 23.7 Å². The van der Waals surface area contributed by atoms with Gasteiger partial charge in [0.25, 0.3) is 5.91 Å². The second kappa shape index (κ2) is 5.12. The second-order valence-corrected chi connectivity index (χ2v) is 4.08. The second-order valence-electron chi connectivity index (χ2n) is 4.08. The van der Waals surface area contributed by atoms with E-state index in [1.54, 1.807) is 0 Å². The summed E-state index contributed by atoms with van der Waals surface area (Å²) in [5, 5.41) is 2.72. The lowest BCUT2D eigenvalue weighted by atomic mass is 10.1. The maximum atomic E-state index is 12.7. The molecule has 1 unspecified atom stereocenters. The first-order chi connectivity index (χ1) is 8.63. The van der Waals surface area contributed by atoms with Gasteiger partial charge in [0.2, 0.25) is 11.9 Å². The number of nitrogens with zero attached hydrogens (tertiary/aromatic N) is 2. The monoisotopic (exact) mass is 251 g/mol. The molecule has 1 atom stereocenters. The predicted molar refractivity (Wildman–Crippen MR) is 62.3 cm³/mol. The van der Waals surface area contributed by atoms with Crippen LogP contribution in [0, 0.1) is 5.95 Å². The minimum Gasteiger partial charge on any atom is -0.353 e. The van der Waals surface area contributed by atoms with Crippen molar-refractivity contribution in [1.29, 1.82) is 0 Å². The van der Waals surface area contributed by atoms with Gasteiger partial charge in [-0.15, -0.1) is 0 Å². The fourth-order valence-electron chi connectivity index (χ4n) is 2.03. The summed E-state index contributed by atoms with van der Waals surface area (Å²) < 4.78 is 12.7. The summed E-state index contributed by atoms with van der Waals surface area (Å²) >= 11 is 0. The van der Waals surface area contributed by atoms with E-state index < -0.39 is 12.0 Å². The molecule has 0 saturated carbocycles. The van der Waals surface area contributed by atoms with Crippen LogP contribution in [0.3, 0.4) is 0 Å². The fourth-order valence-corrected chi connectivity index (χ4v) is 2.03. The predicted octanol–water partition coefficient (Wildman–Crippen LogP) is 0.571. The first-order valence-electron chi connectivity index (χ1n) is 5.83. The Balaban J connectivity index is 2.21. The van der Waals surface area contributed by atoms with E-state index in [0.717, 1.165) is 6.07 Å². The number of carbonyl (C=O) groups is 2. The van der Waals surface area contributed by atoms with E-state index in [1.807, 2.05) is 6.92 Å². The van der Waals surface area contributed by atoms with Crippen molar-refractivity contribution >= 4 is 11.8 Å². The third-order valence-electron chi connectivity index (χ3n) is 2.95. The van der Waals surface area contributed by atoms with Crippen molar-refractivity contribution < 1.29 is 14.0 Å². The molecule has 2 rings (SSSR count). The quantitative estimate of drug-likeness (QED) is 0.782. The Bertz CT molecular complexity index is 461. The van der Waals surface area contributed by atoms with E-state index in [4.69, 9.17) is 0 Å². The standard InChI is InChI=1S/C12H14FN3O2/c1-2-9-11(17)14-5-6-16(9)12(18)8-3-4-10(13)15-7-8/h3-4,7,9H,2,5-6H2,1H3,(H,14,17). The topological polar surface area (TPSA) is 62.3 Å². The zero-order valence-electron chi connectivity index (χ0n) is 10.0. The van der Waals surface area contributed by atoms with E-state index in [9.17, 15) is 14.0 Å². The van der Waals surface area contributed by atoms with Crippen molar-refractivity contribution in [3.63, 3.8) is 0 Å². The summed E-state index contributed by atoms with van der Waals surface area (Å²) in [6, 6.07) is 2.05. The summed E-state index contributed by atoms with van der Waals surface area (Å²) in [5.74, 6) is -1.06. The highest BCUT2D eigenvalue weighted by Gasteiger charge is 2.32. The Morgan fingerprint density at radius 1 is 1.61 bits per heavy atom. The van der Waals surface area contributed by atoms with Crippen molar-refractivity contribution in [1.82, 2.24) is 15.2 Å². The molecule has 1 aromatic rings. The van der Waals surface area contributed by atoms with Crippen LogP contribution in [0.4, 0.5) is 4.39 Å². The number of aromatic nitrogens is 1. The van der Waals surface area contributed by atoms with Gasteiger partial charge in [0.05, 0.1) is 5.56 Å². The highest BCUT2D eigenvalue weighted by atomic mass is 19.1. The van der Waals surface area contributed by atoms with Gasteiger partial charge in [-0.05, 0) is 18.6 Å². The van der Waals surface area contributed by atoms with Crippen LogP contribution in [0.15, 0.2) is 18.3 Å². The molecule has 18 heavy (non-hydrogen) atoms. The smallest absolute Gasteiger partial charge is 0.256 e. The van der Waals surface area contributed by atoms with E-state index >= 15 is 0 Å². The maximum Gasteiger partial charge on any atom is 0.256 e. The van der Waals surface area contributed by atoms with Gasteiger partial charge in [-0.1, -0.05) is 6.92 Å². The average Bonchev–Trinajstić information content (AvgIpc) is 2.38. The van der Waals surface area contributed by atoms with Crippen LogP contribution in [0.5, 0.6) is 0 Å². The number of pyridine rings is 1. The molecule has 1 aliphatic heterocycles. The molecule has 0 radical (unpaired) electrons. The molecule has 2 heterocycles. The SMILES string of the molecule is CCC1C(=O)NCCN1C(=O)c1ccc(F)nc1. The average molecular weight is 251 g/mol. The van der Waals surface area contributed by atoms with Crippen LogP contribution in [-0.2, 0) is 4.79 Å². The summed E-state index contributed by atoms with van der Waals surface area (Å²) in [6.07, 6.45) is 1.74. The number of hydrogen-bond acceptors (Lipinski definition) is 3. The van der Waals surface area contributed by atoms with Crippen molar-refractivity contribution in [3.8, 4) is 0 Å². The van der Waals surface area contributed by atoms with Gasteiger partial charge in [-0.25, -0.2) is 4.98 Å². The normalized spacial score (nSPS) is 19.6. The minimum absolute atomic E-state index is 0.146. The van der Waals surface area contributed by atoms with Gasteiger partial charge in [0.1, 0.15) is 6.04 Å². The summed E-state index contributed by atoms with van der Waals surface area (Å²) in [4.78, 5) is 28.8. The zero-order chi connectivity index (χ0) is 13.1. The Labute approximate surface area is 104 Å². The van der Waals surface area contributed by atoms with Gasteiger partial charge >= 0.3 is 0 Å². The number of carbonyl (C=O) groups excluding carboxylic acids is 2. The number of rotatable bonds is 2. The molecule has 1 aliphatic rings. The number of halogens is 1. The van der Waals surface area contributed by atoms with Crippen LogP contribution in [0.25, 0.3) is 0 Å². The number of piperazine rings is 1. The molecule has 0 aromatic carbocycles. The number of nitrogens with one attached hydrogen (secondary N) is 1. The fraction of sp³-hybridized carbons (Fsp3) is 0.417. The Morgan fingerprint density at radius 3 is 3.00 bits per heavy atom. The summed E-state index contributed by atoms with van der Waals surface area (Å²) in [7, 11) is 0. The van der Waals surface area contributed by atoms with Crippen molar-refractivity contribution in [3.05, 3.63) is 29.8 Å². The molecular formula is C12H14FN3O2. The molecule has 2 amide bonds. The zero-order valence-corrected chi connectivity index (χ0v) is 10.0. The molecule has 5 nitrogen and oxygen atoms in total. The lowest BCUT2D eigenvalue weighted by molar-refractivity contribution is -0.127. The van der Waals surface area contributed by atoms with Crippen LogP contribution >= 0.6 is 0 Å². The van der Waals surface area contributed by atoms with E-state index in [2.05, 4.69) is 10.3 Å². The first kappa shape index (κ1) is 12.5. The third kappa shape index (κ3) is 2.32. The van der Waals surface area contributed by atoms with Crippen LogP contribution in [0.2, 0.25) is 0 Å². The minimum atomic E-state index is -0.630. The molecule has 6 heteroatoms. The lowest BCUT2D eigenvalue weighted by Gasteiger charge is -2.34. The van der Waals surface area contributed by atoms with Gasteiger partial charge < -0.3 is 10.2 Å². The molecule has 0 bridgehead atoms. The molecule has 96 valence electrons. The lowest BCUT2D eigenvalue weighted by Crippen LogP contribution is -2.56. The molecule has 1 saturated heterocycles. The van der Waals surface area contributed by atoms with Gasteiger partial charge in [0, 0.05) is 19.3 Å². The van der Waals surface area contributed by atoms with Gasteiger partial charge in [-0.3, -0.25) is 9.59 Å². The third-order valence-corrected chi connectivity index (χ3v) is 2.95. The molecule has 0 spiro atoms. The van der Waals surface area contributed by atoms with Gasteiger partial charge in [-0.2, -0.15) is 4.39 Å². The Morgan fingerprint density at radius 2 is 2.39 bits per heavy atom. The molecule has 1 aromatic heterocycles.